The van der Waals surface area contributed by atoms with Gasteiger partial charge in [0.1, 0.15) is 5.82 Å². The second-order valence-corrected chi connectivity index (χ2v) is 9.02. The molecule has 0 aliphatic carbocycles. The zero-order valence-corrected chi connectivity index (χ0v) is 21.2. The molecule has 4 heteroatoms. The van der Waals surface area contributed by atoms with E-state index >= 15 is 0 Å². The van der Waals surface area contributed by atoms with Crippen molar-refractivity contribution in [3.63, 3.8) is 0 Å². The minimum absolute atomic E-state index is 0.0643. The van der Waals surface area contributed by atoms with Crippen molar-refractivity contribution in [3.05, 3.63) is 88.4 Å². The first-order valence-corrected chi connectivity index (χ1v) is 12.1. The number of hydrogen-bond acceptors (Lipinski definition) is 2. The highest BCUT2D eigenvalue weighted by Crippen LogP contribution is 2.37. The van der Waals surface area contributed by atoms with E-state index in [1.807, 2.05) is 38.3 Å². The lowest BCUT2D eigenvalue weighted by Crippen LogP contribution is -2.15. The Kier molecular flexibility index (Phi) is 8.62. The number of carbonyl (C=O) groups is 1. The summed E-state index contributed by atoms with van der Waals surface area (Å²) in [6, 6.07) is 13.1. The number of carbonyl (C=O) groups excluding carboxylic acids is 1. The predicted molar refractivity (Wildman–Crippen MR) is 140 cm³/mol. The largest absolute Gasteiger partial charge is 0.377 e. The Morgan fingerprint density at radius 1 is 1.12 bits per heavy atom. The molecule has 180 valence electrons. The standard InChI is InChI=1S/C30H36FNO2/c1-7-11-28(33)30-29(24(21(5)34-6)16-14-20(3)4)25-18-22(8-2)15-17-27(25)32(30)19-23-12-9-10-13-26(23)31/h9-10,12-18,21H,7-8,11,19H2,1-6H3/b24-16+. The lowest BCUT2D eigenvalue weighted by Gasteiger charge is -2.17. The fourth-order valence-electron chi connectivity index (χ4n) is 4.32. The molecule has 0 bridgehead atoms. The predicted octanol–water partition coefficient (Wildman–Crippen LogP) is 7.76. The molecule has 3 nitrogen and oxygen atoms in total. The van der Waals surface area contributed by atoms with Crippen LogP contribution in [0.5, 0.6) is 0 Å². The fraction of sp³-hybridized carbons (Fsp3) is 0.367. The Balaban J connectivity index is 2.44. The maximum absolute atomic E-state index is 14.7. The second-order valence-electron chi connectivity index (χ2n) is 9.02. The van der Waals surface area contributed by atoms with Gasteiger partial charge in [-0.15, -0.1) is 0 Å². The summed E-state index contributed by atoms with van der Waals surface area (Å²) in [5.74, 6) is -0.204. The number of aromatic nitrogens is 1. The number of benzene rings is 2. The van der Waals surface area contributed by atoms with Gasteiger partial charge in [0.25, 0.3) is 0 Å². The number of hydrogen-bond donors (Lipinski definition) is 0. The number of allylic oxidation sites excluding steroid dienone is 3. The van der Waals surface area contributed by atoms with E-state index in [-0.39, 0.29) is 24.2 Å². The summed E-state index contributed by atoms with van der Waals surface area (Å²) in [5.41, 5.74) is 6.32. The number of methoxy groups -OCH3 is 1. The van der Waals surface area contributed by atoms with Gasteiger partial charge in [-0.2, -0.15) is 0 Å². The highest BCUT2D eigenvalue weighted by atomic mass is 19.1. The molecule has 0 spiro atoms. The van der Waals surface area contributed by atoms with Crippen LogP contribution in [-0.4, -0.2) is 23.6 Å². The maximum Gasteiger partial charge on any atom is 0.179 e. The van der Waals surface area contributed by atoms with Crippen molar-refractivity contribution < 1.29 is 13.9 Å². The van der Waals surface area contributed by atoms with Gasteiger partial charge in [0.15, 0.2) is 5.78 Å². The number of fused-ring (bicyclic) bond motifs is 1. The third-order valence-electron chi connectivity index (χ3n) is 6.24. The molecule has 34 heavy (non-hydrogen) atoms. The molecule has 0 fully saturated rings. The minimum atomic E-state index is -0.268. The number of nitrogens with zero attached hydrogens (tertiary/aromatic N) is 1. The quantitative estimate of drug-likeness (QED) is 0.228. The first kappa shape index (κ1) is 25.6. The van der Waals surface area contributed by atoms with E-state index in [2.05, 4.69) is 37.3 Å². The molecule has 3 aromatic rings. The number of ether oxygens (including phenoxy) is 1. The fourth-order valence-corrected chi connectivity index (χ4v) is 4.32. The van der Waals surface area contributed by atoms with E-state index in [4.69, 9.17) is 4.74 Å². The van der Waals surface area contributed by atoms with E-state index in [0.717, 1.165) is 40.5 Å². The van der Waals surface area contributed by atoms with Crippen LogP contribution in [0.2, 0.25) is 0 Å². The van der Waals surface area contributed by atoms with E-state index in [9.17, 15) is 9.18 Å². The molecule has 0 radical (unpaired) electrons. The van der Waals surface area contributed by atoms with Gasteiger partial charge >= 0.3 is 0 Å². The number of rotatable bonds is 10. The summed E-state index contributed by atoms with van der Waals surface area (Å²) >= 11 is 0. The molecule has 3 rings (SSSR count). The van der Waals surface area contributed by atoms with Gasteiger partial charge in [-0.25, -0.2) is 4.39 Å². The Bertz CT molecular complexity index is 1230. The maximum atomic E-state index is 14.7. The van der Waals surface area contributed by atoms with Crippen LogP contribution < -0.4 is 0 Å². The average Bonchev–Trinajstić information content (AvgIpc) is 3.13. The van der Waals surface area contributed by atoms with Crippen LogP contribution in [-0.2, 0) is 17.7 Å². The van der Waals surface area contributed by atoms with Gasteiger partial charge in [0, 0.05) is 35.6 Å². The first-order chi connectivity index (χ1) is 16.3. The molecule has 1 aromatic heterocycles. The average molecular weight is 462 g/mol. The third kappa shape index (κ3) is 5.39. The van der Waals surface area contributed by atoms with E-state index in [1.165, 1.54) is 11.6 Å². The van der Waals surface area contributed by atoms with Crippen molar-refractivity contribution in [3.8, 4) is 0 Å². The van der Waals surface area contributed by atoms with E-state index in [0.29, 0.717) is 17.7 Å². The van der Waals surface area contributed by atoms with Crippen LogP contribution in [0.3, 0.4) is 0 Å². The number of Topliss-reactive ketones (excluding diaryl/α,β-unsaturated/α-hetero) is 1. The van der Waals surface area contributed by atoms with Gasteiger partial charge in [-0.05, 0) is 62.9 Å². The molecule has 0 saturated heterocycles. The molecule has 0 aliphatic heterocycles. The van der Waals surface area contributed by atoms with Crippen molar-refractivity contribution in [2.45, 2.75) is 66.5 Å². The van der Waals surface area contributed by atoms with Crippen molar-refractivity contribution >= 4 is 22.3 Å². The molecule has 0 aliphatic rings. The Labute approximate surface area is 202 Å². The Morgan fingerprint density at radius 3 is 2.47 bits per heavy atom. The van der Waals surface area contributed by atoms with Crippen molar-refractivity contribution in [2.24, 2.45) is 0 Å². The van der Waals surface area contributed by atoms with Gasteiger partial charge in [-0.3, -0.25) is 4.79 Å². The summed E-state index contributed by atoms with van der Waals surface area (Å²) in [7, 11) is 1.69. The highest BCUT2D eigenvalue weighted by molar-refractivity contribution is 6.09. The first-order valence-electron chi connectivity index (χ1n) is 12.1. The van der Waals surface area contributed by atoms with Crippen LogP contribution in [0.15, 0.2) is 60.2 Å². The van der Waals surface area contributed by atoms with Crippen molar-refractivity contribution in [1.82, 2.24) is 4.57 Å². The smallest absolute Gasteiger partial charge is 0.179 e. The van der Waals surface area contributed by atoms with Crippen LogP contribution in [0, 0.1) is 5.82 Å². The summed E-state index contributed by atoms with van der Waals surface area (Å²) < 4.78 is 22.5. The molecule has 0 amide bonds. The molecular weight excluding hydrogens is 425 g/mol. The molecule has 1 atom stereocenters. The molecule has 0 saturated carbocycles. The van der Waals surface area contributed by atoms with Gasteiger partial charge in [-0.1, -0.05) is 55.8 Å². The second kappa shape index (κ2) is 11.4. The number of aryl methyl sites for hydroxylation is 1. The minimum Gasteiger partial charge on any atom is -0.377 e. The summed E-state index contributed by atoms with van der Waals surface area (Å²) in [4.78, 5) is 13.6. The molecule has 1 unspecified atom stereocenters. The van der Waals surface area contributed by atoms with Crippen molar-refractivity contribution in [1.29, 1.82) is 0 Å². The normalized spacial score (nSPS) is 12.7. The van der Waals surface area contributed by atoms with Crippen LogP contribution in [0.4, 0.5) is 4.39 Å². The molecular formula is C30H36FNO2. The lowest BCUT2D eigenvalue weighted by atomic mass is 9.94. The monoisotopic (exact) mass is 461 g/mol. The zero-order chi connectivity index (χ0) is 24.8. The Morgan fingerprint density at radius 2 is 1.85 bits per heavy atom. The van der Waals surface area contributed by atoms with Gasteiger partial charge in [0.05, 0.1) is 18.3 Å². The van der Waals surface area contributed by atoms with E-state index < -0.39 is 0 Å². The van der Waals surface area contributed by atoms with Crippen LogP contribution in [0.25, 0.3) is 16.5 Å². The van der Waals surface area contributed by atoms with Gasteiger partial charge < -0.3 is 9.30 Å². The number of ketones is 1. The lowest BCUT2D eigenvalue weighted by molar-refractivity contribution is 0.0973. The Hall–Kier alpha value is -2.98. The molecule has 0 N–H and O–H groups in total. The molecule has 1 heterocycles. The van der Waals surface area contributed by atoms with Gasteiger partial charge in [0.2, 0.25) is 0 Å². The molecule has 2 aromatic carbocycles. The SMILES string of the molecule is CCCC(=O)c1c(/C(=C/C=C(C)C)C(C)OC)c2cc(CC)ccc2n1Cc1ccccc1F. The van der Waals surface area contributed by atoms with Crippen LogP contribution >= 0.6 is 0 Å². The third-order valence-corrected chi connectivity index (χ3v) is 6.24. The summed E-state index contributed by atoms with van der Waals surface area (Å²) in [6.45, 7) is 10.5. The number of halogens is 1. The zero-order valence-electron chi connectivity index (χ0n) is 21.2. The summed E-state index contributed by atoms with van der Waals surface area (Å²) in [6.07, 6.45) is 5.96. The van der Waals surface area contributed by atoms with Crippen molar-refractivity contribution in [2.75, 3.05) is 7.11 Å². The topological polar surface area (TPSA) is 31.2 Å². The van der Waals surface area contributed by atoms with Crippen LogP contribution in [0.1, 0.15) is 74.6 Å². The van der Waals surface area contributed by atoms with E-state index in [1.54, 1.807) is 19.2 Å². The summed E-state index contributed by atoms with van der Waals surface area (Å²) in [5, 5.41) is 1.01. The highest BCUT2D eigenvalue weighted by Gasteiger charge is 2.27.